The number of aromatic nitrogens is 2. The molecule has 1 heterocycles. The molecule has 0 aliphatic rings. The molecule has 0 bridgehead atoms. The molecule has 1 aromatic heterocycles. The van der Waals surface area contributed by atoms with Crippen molar-refractivity contribution in [1.29, 1.82) is 0 Å². The van der Waals surface area contributed by atoms with Crippen LogP contribution in [0.25, 0.3) is 0 Å². The lowest BCUT2D eigenvalue weighted by Crippen LogP contribution is -2.26. The third-order valence-corrected chi connectivity index (χ3v) is 4.31. The van der Waals surface area contributed by atoms with E-state index in [2.05, 4.69) is 52.8 Å². The van der Waals surface area contributed by atoms with E-state index in [-0.39, 0.29) is 12.5 Å². The molecule has 0 atom stereocenters. The summed E-state index contributed by atoms with van der Waals surface area (Å²) in [5.74, 6) is -0.234. The zero-order chi connectivity index (χ0) is 17.0. The van der Waals surface area contributed by atoms with E-state index in [9.17, 15) is 4.79 Å². The third kappa shape index (κ3) is 4.90. The smallest absolute Gasteiger partial charge is 0.259 e. The fraction of sp³-hybridized carbons (Fsp3) is 0.267. The topological polar surface area (TPSA) is 71.3 Å². The van der Waals surface area contributed by atoms with E-state index in [1.54, 1.807) is 10.9 Å². The van der Waals surface area contributed by atoms with Gasteiger partial charge >= 0.3 is 0 Å². The molecule has 122 valence electrons. The second kappa shape index (κ2) is 7.74. The molecule has 0 aliphatic carbocycles. The number of rotatable bonds is 5. The maximum Gasteiger partial charge on any atom is 0.259 e. The number of amides is 1. The van der Waals surface area contributed by atoms with Gasteiger partial charge in [-0.25, -0.2) is 5.43 Å². The molecule has 1 amide bonds. The minimum absolute atomic E-state index is 0.115. The van der Waals surface area contributed by atoms with Gasteiger partial charge in [-0.05, 0) is 63.4 Å². The second-order valence-electron chi connectivity index (χ2n) is 5.09. The number of anilines is 1. The number of nitrogens with one attached hydrogen (secondary N) is 2. The highest BCUT2D eigenvalue weighted by Crippen LogP contribution is 2.31. The highest BCUT2D eigenvalue weighted by molar-refractivity contribution is 9.11. The molecular formula is C15H17Br2N5O. The van der Waals surface area contributed by atoms with Crippen LogP contribution in [0.2, 0.25) is 0 Å². The van der Waals surface area contributed by atoms with Crippen molar-refractivity contribution in [3.63, 3.8) is 0 Å². The van der Waals surface area contributed by atoms with Gasteiger partial charge in [0, 0.05) is 27.8 Å². The molecule has 23 heavy (non-hydrogen) atoms. The lowest BCUT2D eigenvalue weighted by atomic mass is 10.2. The van der Waals surface area contributed by atoms with Crippen LogP contribution in [0.15, 0.2) is 32.4 Å². The average molecular weight is 443 g/mol. The van der Waals surface area contributed by atoms with E-state index in [1.165, 1.54) is 0 Å². The summed E-state index contributed by atoms with van der Waals surface area (Å²) in [6.07, 6.45) is 3.42. The molecule has 0 unspecified atom stereocenters. The van der Waals surface area contributed by atoms with Gasteiger partial charge in [0.1, 0.15) is 0 Å². The Kier molecular flexibility index (Phi) is 5.95. The first-order valence-corrected chi connectivity index (χ1v) is 8.47. The molecule has 2 N–H and O–H groups in total. The van der Waals surface area contributed by atoms with Gasteiger partial charge < -0.3 is 5.32 Å². The molecule has 0 fully saturated rings. The van der Waals surface area contributed by atoms with Crippen molar-refractivity contribution in [3.05, 3.63) is 44.1 Å². The number of carbonyl (C=O) groups excluding carboxylic acids is 1. The Morgan fingerprint density at radius 2 is 2.00 bits per heavy atom. The van der Waals surface area contributed by atoms with Crippen LogP contribution in [-0.4, -0.2) is 28.4 Å². The Hall–Kier alpha value is -1.67. The van der Waals surface area contributed by atoms with Crippen LogP contribution >= 0.6 is 31.9 Å². The normalized spacial score (nSPS) is 11.0. The van der Waals surface area contributed by atoms with Crippen LogP contribution in [0.1, 0.15) is 16.8 Å². The molecule has 2 aromatic rings. The molecule has 8 heteroatoms. The van der Waals surface area contributed by atoms with Crippen LogP contribution < -0.4 is 10.7 Å². The zero-order valence-electron chi connectivity index (χ0n) is 13.0. The summed E-state index contributed by atoms with van der Waals surface area (Å²) in [6, 6.07) is 3.96. The highest BCUT2D eigenvalue weighted by atomic mass is 79.9. The van der Waals surface area contributed by atoms with Gasteiger partial charge in [-0.15, -0.1) is 0 Å². The van der Waals surface area contributed by atoms with Crippen molar-refractivity contribution in [3.8, 4) is 0 Å². The predicted octanol–water partition coefficient (Wildman–Crippen LogP) is 3.12. The highest BCUT2D eigenvalue weighted by Gasteiger charge is 2.08. The van der Waals surface area contributed by atoms with E-state index in [4.69, 9.17) is 0 Å². The molecule has 6 nitrogen and oxygen atoms in total. The molecule has 2 rings (SSSR count). The summed E-state index contributed by atoms with van der Waals surface area (Å²) >= 11 is 6.96. The predicted molar refractivity (Wildman–Crippen MR) is 98.8 cm³/mol. The number of hydrazone groups is 1. The maximum absolute atomic E-state index is 11.8. The molecule has 0 radical (unpaired) electrons. The minimum Gasteiger partial charge on any atom is -0.374 e. The average Bonchev–Trinajstić information content (AvgIpc) is 2.76. The van der Waals surface area contributed by atoms with Crippen molar-refractivity contribution in [1.82, 2.24) is 15.2 Å². The molecule has 0 spiro atoms. The van der Waals surface area contributed by atoms with Gasteiger partial charge in [0.25, 0.3) is 5.91 Å². The first-order valence-electron chi connectivity index (χ1n) is 6.88. The number of benzene rings is 1. The Morgan fingerprint density at radius 1 is 1.35 bits per heavy atom. The first-order chi connectivity index (χ1) is 10.9. The van der Waals surface area contributed by atoms with Crippen molar-refractivity contribution in [2.75, 3.05) is 11.9 Å². The lowest BCUT2D eigenvalue weighted by Gasteiger charge is -2.11. The summed E-state index contributed by atoms with van der Waals surface area (Å²) in [5.41, 5.74) is 6.16. The fourth-order valence-electron chi connectivity index (χ4n) is 2.00. The fourth-order valence-corrected chi connectivity index (χ4v) is 3.69. The zero-order valence-corrected chi connectivity index (χ0v) is 16.2. The SMILES string of the molecule is Cc1cc(Br)c(NCC(=O)NN=Cc2cn(C)nc2C)c(Br)c1. The molecule has 1 aromatic carbocycles. The Bertz CT molecular complexity index is 731. The van der Waals surface area contributed by atoms with Gasteiger partial charge in [-0.1, -0.05) is 0 Å². The maximum atomic E-state index is 11.8. The Balaban J connectivity index is 1.90. The van der Waals surface area contributed by atoms with Gasteiger partial charge in [-0.3, -0.25) is 9.48 Å². The van der Waals surface area contributed by atoms with Gasteiger partial charge in [-0.2, -0.15) is 10.2 Å². The van der Waals surface area contributed by atoms with Crippen LogP contribution in [0.3, 0.4) is 0 Å². The van der Waals surface area contributed by atoms with Crippen LogP contribution in [0, 0.1) is 13.8 Å². The molecule has 0 aliphatic heterocycles. The number of halogens is 2. The van der Waals surface area contributed by atoms with Crippen molar-refractivity contribution >= 4 is 49.7 Å². The summed E-state index contributed by atoms with van der Waals surface area (Å²) in [5, 5.41) is 11.2. The summed E-state index contributed by atoms with van der Waals surface area (Å²) in [4.78, 5) is 11.8. The Morgan fingerprint density at radius 3 is 2.57 bits per heavy atom. The van der Waals surface area contributed by atoms with Crippen LogP contribution in [-0.2, 0) is 11.8 Å². The molecule has 0 saturated heterocycles. The number of carbonyl (C=O) groups is 1. The number of hydrogen-bond donors (Lipinski definition) is 2. The summed E-state index contributed by atoms with van der Waals surface area (Å²) < 4.78 is 3.49. The number of hydrogen-bond acceptors (Lipinski definition) is 4. The Labute approximate surface area is 151 Å². The van der Waals surface area contributed by atoms with Crippen molar-refractivity contribution < 1.29 is 4.79 Å². The van der Waals surface area contributed by atoms with E-state index in [0.717, 1.165) is 31.5 Å². The van der Waals surface area contributed by atoms with Crippen LogP contribution in [0.5, 0.6) is 0 Å². The molecular weight excluding hydrogens is 426 g/mol. The second-order valence-corrected chi connectivity index (χ2v) is 6.80. The monoisotopic (exact) mass is 441 g/mol. The number of nitrogens with zero attached hydrogens (tertiary/aromatic N) is 3. The van der Waals surface area contributed by atoms with Crippen molar-refractivity contribution in [2.24, 2.45) is 12.1 Å². The van der Waals surface area contributed by atoms with Gasteiger partial charge in [0.15, 0.2) is 0 Å². The summed E-state index contributed by atoms with van der Waals surface area (Å²) in [6.45, 7) is 4.00. The van der Waals surface area contributed by atoms with E-state index >= 15 is 0 Å². The first kappa shape index (κ1) is 17.7. The van der Waals surface area contributed by atoms with Crippen molar-refractivity contribution in [2.45, 2.75) is 13.8 Å². The van der Waals surface area contributed by atoms with E-state index < -0.39 is 0 Å². The minimum atomic E-state index is -0.234. The lowest BCUT2D eigenvalue weighted by molar-refractivity contribution is -0.119. The van der Waals surface area contributed by atoms with Gasteiger partial charge in [0.05, 0.1) is 24.1 Å². The third-order valence-electron chi connectivity index (χ3n) is 3.06. The quantitative estimate of drug-likeness (QED) is 0.552. The molecule has 0 saturated carbocycles. The van der Waals surface area contributed by atoms with E-state index in [0.29, 0.717) is 0 Å². The van der Waals surface area contributed by atoms with Crippen LogP contribution in [0.4, 0.5) is 5.69 Å². The van der Waals surface area contributed by atoms with Gasteiger partial charge in [0.2, 0.25) is 0 Å². The van der Waals surface area contributed by atoms with E-state index in [1.807, 2.05) is 39.2 Å². The number of aryl methyl sites for hydroxylation is 3. The largest absolute Gasteiger partial charge is 0.374 e. The summed E-state index contributed by atoms with van der Waals surface area (Å²) in [7, 11) is 1.84. The standard InChI is InChI=1S/C15H17Br2N5O/c1-9-4-12(16)15(13(17)5-9)18-7-14(23)20-19-6-11-8-22(3)21-10(11)2/h4-6,8,18H,7H2,1-3H3,(H,20,23).